The van der Waals surface area contributed by atoms with Gasteiger partial charge in [0.1, 0.15) is 11.4 Å². The average Bonchev–Trinajstić information content (AvgIpc) is 2.35. The Labute approximate surface area is 101 Å². The van der Waals surface area contributed by atoms with E-state index in [2.05, 4.69) is 5.43 Å². The molecule has 0 heterocycles. The highest BCUT2D eigenvalue weighted by molar-refractivity contribution is 5.76. The van der Waals surface area contributed by atoms with Crippen LogP contribution in [-0.2, 0) is 0 Å². The normalized spacial score (nSPS) is 12.0. The van der Waals surface area contributed by atoms with Crippen molar-refractivity contribution < 1.29 is 4.92 Å². The number of hydrogen-bond acceptors (Lipinski definition) is 5. The van der Waals surface area contributed by atoms with Crippen LogP contribution >= 0.6 is 0 Å². The molecule has 3 N–H and O–H groups in total. The maximum atomic E-state index is 11.1. The van der Waals surface area contributed by atoms with Crippen LogP contribution in [0.1, 0.15) is 20.3 Å². The van der Waals surface area contributed by atoms with Crippen molar-refractivity contribution in [2.45, 2.75) is 26.3 Å². The van der Waals surface area contributed by atoms with E-state index >= 15 is 0 Å². The number of nitrogens with zero attached hydrogens (tertiary/aromatic N) is 2. The number of rotatable bonds is 5. The van der Waals surface area contributed by atoms with Crippen LogP contribution in [0.5, 0.6) is 0 Å². The summed E-state index contributed by atoms with van der Waals surface area (Å²) < 4.78 is 0. The van der Waals surface area contributed by atoms with Crippen LogP contribution in [0.25, 0.3) is 0 Å². The van der Waals surface area contributed by atoms with Gasteiger partial charge in [-0.05, 0) is 25.5 Å². The van der Waals surface area contributed by atoms with Gasteiger partial charge in [-0.25, -0.2) is 0 Å². The Kier molecular flexibility index (Phi) is 4.28. The van der Waals surface area contributed by atoms with Crippen molar-refractivity contribution in [2.24, 2.45) is 5.84 Å². The van der Waals surface area contributed by atoms with E-state index in [1.54, 1.807) is 18.2 Å². The molecule has 6 nitrogen and oxygen atoms in total. The van der Waals surface area contributed by atoms with Crippen molar-refractivity contribution in [1.29, 1.82) is 0 Å². The topological polar surface area (TPSA) is 84.4 Å². The van der Waals surface area contributed by atoms with E-state index in [4.69, 9.17) is 5.84 Å². The van der Waals surface area contributed by atoms with Crippen LogP contribution in [0.2, 0.25) is 0 Å². The van der Waals surface area contributed by atoms with E-state index in [9.17, 15) is 10.1 Å². The molecule has 0 radical (unpaired) electrons. The van der Waals surface area contributed by atoms with Crippen molar-refractivity contribution in [3.8, 4) is 0 Å². The number of hydrazine groups is 1. The van der Waals surface area contributed by atoms with E-state index in [0.29, 0.717) is 11.4 Å². The molecule has 0 spiro atoms. The molecule has 94 valence electrons. The van der Waals surface area contributed by atoms with Gasteiger partial charge >= 0.3 is 5.69 Å². The molecular weight excluding hydrogens is 220 g/mol. The zero-order valence-electron chi connectivity index (χ0n) is 10.3. The lowest BCUT2D eigenvalue weighted by Crippen LogP contribution is -2.28. The zero-order chi connectivity index (χ0) is 13.0. The first-order chi connectivity index (χ1) is 8.02. The molecule has 1 aromatic carbocycles. The Bertz CT molecular complexity index is 408. The van der Waals surface area contributed by atoms with Crippen molar-refractivity contribution >= 4 is 17.1 Å². The number of anilines is 2. The van der Waals surface area contributed by atoms with Gasteiger partial charge in [0.05, 0.1) is 4.92 Å². The fourth-order valence-electron chi connectivity index (χ4n) is 1.64. The molecule has 1 unspecified atom stereocenters. The van der Waals surface area contributed by atoms with E-state index in [1.165, 1.54) is 0 Å². The lowest BCUT2D eigenvalue weighted by atomic mass is 10.1. The first-order valence-corrected chi connectivity index (χ1v) is 5.49. The Hall–Kier alpha value is -1.82. The van der Waals surface area contributed by atoms with Crippen LogP contribution in [0.4, 0.5) is 17.1 Å². The summed E-state index contributed by atoms with van der Waals surface area (Å²) in [5.74, 6) is 5.29. The van der Waals surface area contributed by atoms with Crippen LogP contribution in [0.3, 0.4) is 0 Å². The van der Waals surface area contributed by atoms with Gasteiger partial charge in [0, 0.05) is 13.1 Å². The summed E-state index contributed by atoms with van der Waals surface area (Å²) in [6.07, 6.45) is 0.911. The van der Waals surface area contributed by atoms with Crippen LogP contribution in [-0.4, -0.2) is 18.0 Å². The van der Waals surface area contributed by atoms with Crippen LogP contribution in [0.15, 0.2) is 18.2 Å². The number of nitrogens with one attached hydrogen (secondary N) is 1. The Balaban J connectivity index is 3.27. The lowest BCUT2D eigenvalue weighted by molar-refractivity contribution is -0.383. The van der Waals surface area contributed by atoms with Gasteiger partial charge in [-0.15, -0.1) is 0 Å². The third kappa shape index (κ3) is 2.65. The Morgan fingerprint density at radius 2 is 2.24 bits per heavy atom. The van der Waals surface area contributed by atoms with Crippen molar-refractivity contribution in [3.63, 3.8) is 0 Å². The van der Waals surface area contributed by atoms with E-state index in [1.807, 2.05) is 25.8 Å². The average molecular weight is 238 g/mol. The first-order valence-electron chi connectivity index (χ1n) is 5.49. The van der Waals surface area contributed by atoms with Gasteiger partial charge < -0.3 is 10.3 Å². The third-order valence-corrected chi connectivity index (χ3v) is 2.98. The number of nitro benzene ring substituents is 1. The highest BCUT2D eigenvalue weighted by Crippen LogP contribution is 2.35. The molecule has 0 aliphatic rings. The van der Waals surface area contributed by atoms with Gasteiger partial charge in [-0.1, -0.05) is 13.0 Å². The number of para-hydroxylation sites is 1. The predicted octanol–water partition coefficient (Wildman–Crippen LogP) is 2.12. The summed E-state index contributed by atoms with van der Waals surface area (Å²) >= 11 is 0. The molecule has 0 aliphatic heterocycles. The Morgan fingerprint density at radius 3 is 2.71 bits per heavy atom. The maximum Gasteiger partial charge on any atom is 0.316 e. The molecule has 1 atom stereocenters. The highest BCUT2D eigenvalue weighted by Gasteiger charge is 2.23. The molecule has 0 aliphatic carbocycles. The van der Waals surface area contributed by atoms with E-state index in [0.717, 1.165) is 6.42 Å². The smallest absolute Gasteiger partial charge is 0.316 e. The van der Waals surface area contributed by atoms with Gasteiger partial charge in [-0.3, -0.25) is 16.0 Å². The highest BCUT2D eigenvalue weighted by atomic mass is 16.6. The fraction of sp³-hybridized carbons (Fsp3) is 0.455. The van der Waals surface area contributed by atoms with Gasteiger partial charge in [0.2, 0.25) is 0 Å². The van der Waals surface area contributed by atoms with Crippen molar-refractivity contribution in [3.05, 3.63) is 28.3 Å². The van der Waals surface area contributed by atoms with Crippen LogP contribution in [0, 0.1) is 10.1 Å². The van der Waals surface area contributed by atoms with Crippen molar-refractivity contribution in [2.75, 3.05) is 17.4 Å². The quantitative estimate of drug-likeness (QED) is 0.466. The minimum Gasteiger partial charge on any atom is -0.366 e. The summed E-state index contributed by atoms with van der Waals surface area (Å²) in [6, 6.07) is 5.29. The number of benzene rings is 1. The third-order valence-electron chi connectivity index (χ3n) is 2.98. The second-order valence-electron chi connectivity index (χ2n) is 3.94. The van der Waals surface area contributed by atoms with Gasteiger partial charge in [0.25, 0.3) is 0 Å². The molecule has 6 heteroatoms. The number of nitrogens with two attached hydrogens (primary N) is 1. The standard InChI is InChI=1S/C11H18N4O2/c1-4-8(2)14(3)10-7-5-6-9(13-12)11(10)15(16)17/h5-8,13H,4,12H2,1-3H3. The monoisotopic (exact) mass is 238 g/mol. The predicted molar refractivity (Wildman–Crippen MR) is 69.1 cm³/mol. The second kappa shape index (κ2) is 5.49. The minimum atomic E-state index is -0.413. The summed E-state index contributed by atoms with van der Waals surface area (Å²) in [5, 5.41) is 11.1. The maximum absolute atomic E-state index is 11.1. The summed E-state index contributed by atoms with van der Waals surface area (Å²) in [7, 11) is 1.84. The summed E-state index contributed by atoms with van der Waals surface area (Å²) in [5.41, 5.74) is 3.26. The number of hydrogen-bond donors (Lipinski definition) is 2. The van der Waals surface area contributed by atoms with Crippen molar-refractivity contribution in [1.82, 2.24) is 0 Å². The molecule has 0 amide bonds. The van der Waals surface area contributed by atoms with Gasteiger partial charge in [0.15, 0.2) is 0 Å². The molecule has 0 bridgehead atoms. The first kappa shape index (κ1) is 13.2. The summed E-state index contributed by atoms with van der Waals surface area (Å²) in [4.78, 5) is 12.6. The summed E-state index contributed by atoms with van der Waals surface area (Å²) in [6.45, 7) is 4.06. The zero-order valence-corrected chi connectivity index (χ0v) is 10.3. The largest absolute Gasteiger partial charge is 0.366 e. The molecular formula is C11H18N4O2. The second-order valence-corrected chi connectivity index (χ2v) is 3.94. The van der Waals surface area contributed by atoms with Crippen LogP contribution < -0.4 is 16.2 Å². The fourth-order valence-corrected chi connectivity index (χ4v) is 1.64. The minimum absolute atomic E-state index is 0.0119. The molecule has 0 saturated heterocycles. The number of nitrogen functional groups attached to an aromatic ring is 1. The Morgan fingerprint density at radius 1 is 1.59 bits per heavy atom. The van der Waals surface area contributed by atoms with Gasteiger partial charge in [-0.2, -0.15) is 0 Å². The lowest BCUT2D eigenvalue weighted by Gasteiger charge is -2.26. The number of nitro groups is 1. The molecule has 0 fully saturated rings. The molecule has 1 aromatic rings. The van der Waals surface area contributed by atoms with E-state index in [-0.39, 0.29) is 11.7 Å². The molecule has 0 aromatic heterocycles. The molecule has 17 heavy (non-hydrogen) atoms. The SMILES string of the molecule is CCC(C)N(C)c1cccc(NN)c1[N+](=O)[O-]. The molecule has 1 rings (SSSR count). The van der Waals surface area contributed by atoms with E-state index < -0.39 is 4.92 Å². The molecule has 0 saturated carbocycles.